The third-order valence-corrected chi connectivity index (χ3v) is 7.01. The molecule has 0 saturated carbocycles. The third kappa shape index (κ3) is 4.85. The van der Waals surface area contributed by atoms with Gasteiger partial charge in [-0.3, -0.25) is 0 Å². The first-order valence-corrected chi connectivity index (χ1v) is 11.1. The topological polar surface area (TPSA) is 0 Å². The largest absolute Gasteiger partial charge is 0.474 e. The van der Waals surface area contributed by atoms with E-state index in [0.717, 1.165) is 0 Å². The van der Waals surface area contributed by atoms with Crippen LogP contribution in [0.1, 0.15) is 11.1 Å². The lowest BCUT2D eigenvalue weighted by Crippen LogP contribution is -1.97. The van der Waals surface area contributed by atoms with Crippen LogP contribution in [0.25, 0.3) is 10.6 Å². The number of rotatable bonds is 6. The van der Waals surface area contributed by atoms with Gasteiger partial charge in [0.15, 0.2) is 0 Å². The molecule has 0 amide bonds. The van der Waals surface area contributed by atoms with Crippen LogP contribution in [0.2, 0.25) is 0 Å². The van der Waals surface area contributed by atoms with Gasteiger partial charge in [0.2, 0.25) is 0 Å². The van der Waals surface area contributed by atoms with E-state index in [0.29, 0.717) is 0 Å². The summed E-state index contributed by atoms with van der Waals surface area (Å²) in [4.78, 5) is 0. The minimum atomic E-state index is 1.22. The van der Waals surface area contributed by atoms with Crippen molar-refractivity contribution >= 4 is 38.4 Å². The van der Waals surface area contributed by atoms with Crippen molar-refractivity contribution in [3.8, 4) is 0 Å². The highest BCUT2D eigenvalue weighted by molar-refractivity contribution is 7.65. The molecule has 28 heavy (non-hydrogen) atoms. The highest BCUT2D eigenvalue weighted by Crippen LogP contribution is 2.46. The Morgan fingerprint density at radius 1 is 0.357 bits per heavy atom. The summed E-state index contributed by atoms with van der Waals surface area (Å²) in [6.45, 7) is 0. The molecular formula is C26H20P2-2. The Kier molecular flexibility index (Phi) is 6.46. The van der Waals surface area contributed by atoms with Crippen LogP contribution in [0.3, 0.4) is 0 Å². The van der Waals surface area contributed by atoms with E-state index in [1.807, 2.05) is 0 Å². The lowest BCUT2D eigenvalue weighted by molar-refractivity contribution is 1.63. The van der Waals surface area contributed by atoms with E-state index >= 15 is 0 Å². The molecule has 2 heteroatoms. The molecular weight excluding hydrogens is 374 g/mol. The van der Waals surface area contributed by atoms with Gasteiger partial charge >= 0.3 is 0 Å². The van der Waals surface area contributed by atoms with E-state index in [2.05, 4.69) is 121 Å². The van der Waals surface area contributed by atoms with Gasteiger partial charge in [-0.1, -0.05) is 132 Å². The van der Waals surface area contributed by atoms with E-state index in [1.165, 1.54) is 49.5 Å². The standard InChI is InChI=1S/C26H20P2/c1-5-13-21(14-6-1)25(27-23-17-9-3-10-18-23)26(22-15-7-2-8-16-22)28-24-19-11-4-12-20-24/h1-20H/q-2/b26-25+. The lowest BCUT2D eigenvalue weighted by atomic mass is 10.1. The lowest BCUT2D eigenvalue weighted by Gasteiger charge is -2.37. The van der Waals surface area contributed by atoms with Gasteiger partial charge in [0, 0.05) is 0 Å². The molecule has 0 fully saturated rings. The summed E-state index contributed by atoms with van der Waals surface area (Å²) in [6.07, 6.45) is 0. The van der Waals surface area contributed by atoms with Crippen molar-refractivity contribution in [2.24, 2.45) is 0 Å². The predicted octanol–water partition coefficient (Wildman–Crippen LogP) is 7.06. The minimum Gasteiger partial charge on any atom is -0.474 e. The molecule has 0 atom stereocenters. The Morgan fingerprint density at radius 2 is 0.643 bits per heavy atom. The summed E-state index contributed by atoms with van der Waals surface area (Å²) >= 11 is 0. The van der Waals surface area contributed by atoms with Crippen LogP contribution in [0, 0.1) is 0 Å². The SMILES string of the molecule is c1ccc([P-]/C(=C(/[P-]c2ccccc2)c2ccccc2)c2ccccc2)cc1. The molecule has 0 radical (unpaired) electrons. The summed E-state index contributed by atoms with van der Waals surface area (Å²) in [7, 11) is 2.44. The molecule has 0 heterocycles. The Bertz CT molecular complexity index is 938. The van der Waals surface area contributed by atoms with Gasteiger partial charge in [-0.25, -0.2) is 21.2 Å². The monoisotopic (exact) mass is 394 g/mol. The van der Waals surface area contributed by atoms with Crippen molar-refractivity contribution in [3.63, 3.8) is 0 Å². The zero-order valence-corrected chi connectivity index (χ0v) is 17.2. The molecule has 136 valence electrons. The van der Waals surface area contributed by atoms with E-state index in [1.54, 1.807) is 0 Å². The second-order valence-electron chi connectivity index (χ2n) is 6.32. The van der Waals surface area contributed by atoms with Gasteiger partial charge in [0.1, 0.15) is 0 Å². The molecule has 0 unspecified atom stereocenters. The van der Waals surface area contributed by atoms with Gasteiger partial charge in [0.05, 0.1) is 0 Å². The smallest absolute Gasteiger partial charge is 0.0548 e. The van der Waals surface area contributed by atoms with Gasteiger partial charge in [-0.2, -0.15) is 0 Å². The summed E-state index contributed by atoms with van der Waals surface area (Å²) in [5, 5.41) is 5.31. The van der Waals surface area contributed by atoms with Crippen molar-refractivity contribution in [2.75, 3.05) is 0 Å². The third-order valence-electron chi connectivity index (χ3n) is 4.31. The minimum absolute atomic E-state index is 1.22. The van der Waals surface area contributed by atoms with Gasteiger partial charge < -0.3 is 17.2 Å². The maximum Gasteiger partial charge on any atom is -0.0548 e. The van der Waals surface area contributed by atoms with Gasteiger partial charge in [-0.05, 0) is 0 Å². The molecule has 0 aliphatic heterocycles. The quantitative estimate of drug-likeness (QED) is 0.243. The fourth-order valence-corrected chi connectivity index (χ4v) is 5.45. The maximum atomic E-state index is 2.22. The van der Waals surface area contributed by atoms with Crippen molar-refractivity contribution in [2.45, 2.75) is 0 Å². The summed E-state index contributed by atoms with van der Waals surface area (Å²) < 4.78 is 0. The number of hydrogen-bond donors (Lipinski definition) is 0. The van der Waals surface area contributed by atoms with Crippen LogP contribution in [-0.2, 0) is 0 Å². The molecule has 0 spiro atoms. The van der Waals surface area contributed by atoms with Crippen molar-refractivity contribution in [3.05, 3.63) is 132 Å². The van der Waals surface area contributed by atoms with E-state index in [-0.39, 0.29) is 0 Å². The van der Waals surface area contributed by atoms with Crippen LogP contribution in [0.4, 0.5) is 0 Å². The Labute approximate surface area is 170 Å². The Balaban J connectivity index is 1.88. The maximum absolute atomic E-state index is 2.22. The molecule has 4 aromatic carbocycles. The average molecular weight is 394 g/mol. The van der Waals surface area contributed by atoms with Crippen molar-refractivity contribution in [1.82, 2.24) is 0 Å². The van der Waals surface area contributed by atoms with E-state index < -0.39 is 0 Å². The first-order chi connectivity index (χ1) is 13.9. The van der Waals surface area contributed by atoms with E-state index in [4.69, 9.17) is 0 Å². The molecule has 0 aliphatic rings. The van der Waals surface area contributed by atoms with Gasteiger partial charge in [0.25, 0.3) is 0 Å². The molecule has 4 rings (SSSR count). The highest BCUT2D eigenvalue weighted by atomic mass is 31.1. The van der Waals surface area contributed by atoms with Crippen LogP contribution in [0.5, 0.6) is 0 Å². The Morgan fingerprint density at radius 3 is 0.964 bits per heavy atom. The predicted molar refractivity (Wildman–Crippen MR) is 126 cm³/mol. The van der Waals surface area contributed by atoms with Crippen molar-refractivity contribution < 1.29 is 0 Å². The summed E-state index contributed by atoms with van der Waals surface area (Å²) in [6, 6.07) is 42.9. The van der Waals surface area contributed by atoms with Crippen LogP contribution < -0.4 is 10.6 Å². The first-order valence-electron chi connectivity index (χ1n) is 9.29. The number of benzene rings is 4. The summed E-state index contributed by atoms with van der Waals surface area (Å²) in [5.74, 6) is 0. The van der Waals surface area contributed by atoms with Crippen LogP contribution in [-0.4, -0.2) is 0 Å². The molecule has 0 nitrogen and oxygen atoms in total. The highest BCUT2D eigenvalue weighted by Gasteiger charge is 1.98. The fourth-order valence-electron chi connectivity index (χ4n) is 2.96. The van der Waals surface area contributed by atoms with Gasteiger partial charge in [-0.15, -0.1) is 0 Å². The fraction of sp³-hybridized carbons (Fsp3) is 0. The zero-order chi connectivity index (χ0) is 19.0. The molecule has 0 N–H and O–H groups in total. The second-order valence-corrected chi connectivity index (χ2v) is 8.70. The zero-order valence-electron chi connectivity index (χ0n) is 15.4. The Hall–Kier alpha value is -2.52. The van der Waals surface area contributed by atoms with E-state index in [9.17, 15) is 0 Å². The normalized spacial score (nSPS) is 12.6. The molecule has 4 aromatic rings. The second kappa shape index (κ2) is 9.61. The van der Waals surface area contributed by atoms with Crippen molar-refractivity contribution in [1.29, 1.82) is 0 Å². The van der Waals surface area contributed by atoms with Crippen LogP contribution >= 0.6 is 17.2 Å². The summed E-state index contributed by atoms with van der Waals surface area (Å²) in [5.41, 5.74) is 2.55. The molecule has 0 bridgehead atoms. The first kappa shape index (κ1) is 18.8. The molecule has 0 saturated heterocycles. The number of hydrogen-bond acceptors (Lipinski definition) is 0. The molecule has 0 aliphatic carbocycles. The average Bonchev–Trinajstić information content (AvgIpc) is 2.79. The molecule has 0 aromatic heterocycles. The van der Waals surface area contributed by atoms with Crippen LogP contribution in [0.15, 0.2) is 121 Å².